The highest BCUT2D eigenvalue weighted by Crippen LogP contribution is 2.33. The number of anilines is 1. The fourth-order valence-corrected chi connectivity index (χ4v) is 3.03. The van der Waals surface area contributed by atoms with Crippen LogP contribution in [0.15, 0.2) is 46.1 Å². The molecule has 1 aliphatic heterocycles. The number of hydrogen-bond donors (Lipinski definition) is 2. The van der Waals surface area contributed by atoms with Gasteiger partial charge in [-0.15, -0.1) is 0 Å². The van der Waals surface area contributed by atoms with Crippen molar-refractivity contribution < 1.29 is 4.79 Å². The predicted octanol–water partition coefficient (Wildman–Crippen LogP) is 0.277. The summed E-state index contributed by atoms with van der Waals surface area (Å²) in [7, 11) is 2.07. The van der Waals surface area contributed by atoms with E-state index in [2.05, 4.69) is 34.4 Å². The second kappa shape index (κ2) is 6.74. The largest absolute Gasteiger partial charge is 0.374 e. The van der Waals surface area contributed by atoms with Crippen molar-refractivity contribution in [1.29, 1.82) is 0 Å². The van der Waals surface area contributed by atoms with Crippen LogP contribution in [0, 0.1) is 0 Å². The van der Waals surface area contributed by atoms with Crippen LogP contribution in [0.4, 0.5) is 5.69 Å². The van der Waals surface area contributed by atoms with Gasteiger partial charge in [0.15, 0.2) is 0 Å². The van der Waals surface area contributed by atoms with E-state index < -0.39 is 11.2 Å². The number of rotatable bonds is 4. The average Bonchev–Trinajstić information content (AvgIpc) is 2.57. The number of H-pyrrole nitrogens is 1. The van der Waals surface area contributed by atoms with Crippen LogP contribution >= 0.6 is 0 Å². The normalized spacial score (nSPS) is 16.5. The Hall–Kier alpha value is -2.83. The van der Waals surface area contributed by atoms with Gasteiger partial charge < -0.3 is 10.2 Å². The summed E-state index contributed by atoms with van der Waals surface area (Å²) in [6.45, 7) is 1.36. The van der Waals surface area contributed by atoms with Crippen molar-refractivity contribution >= 4 is 11.6 Å². The third-order valence-electron chi connectivity index (χ3n) is 4.36. The third-order valence-corrected chi connectivity index (χ3v) is 4.36. The Balaban J connectivity index is 1.64. The lowest BCUT2D eigenvalue weighted by atomic mass is 9.90. The van der Waals surface area contributed by atoms with Gasteiger partial charge in [0.1, 0.15) is 6.54 Å². The van der Waals surface area contributed by atoms with E-state index in [-0.39, 0.29) is 18.4 Å². The standard InChI is InChI=1S/C17H20N4O3/c1-20-8-6-12(13-4-2-3-5-14(13)20)10-18-16(23)11-21-9-7-15(22)19-17(21)24/h2-5,7,9,12H,6,8,10-11H2,1H3,(H,18,23)(H,19,22,24)/t12-/m1/s1. The molecule has 0 aliphatic carbocycles. The maximum atomic E-state index is 12.1. The minimum absolute atomic E-state index is 0.107. The van der Waals surface area contributed by atoms with Crippen molar-refractivity contribution in [1.82, 2.24) is 14.9 Å². The number of benzene rings is 1. The van der Waals surface area contributed by atoms with Crippen LogP contribution in [-0.2, 0) is 11.3 Å². The third kappa shape index (κ3) is 3.40. The quantitative estimate of drug-likeness (QED) is 0.844. The van der Waals surface area contributed by atoms with Crippen molar-refractivity contribution in [3.8, 4) is 0 Å². The number of aromatic nitrogens is 2. The summed E-state index contributed by atoms with van der Waals surface area (Å²) in [6, 6.07) is 9.42. The molecular formula is C17H20N4O3. The van der Waals surface area contributed by atoms with Crippen LogP contribution in [0.25, 0.3) is 0 Å². The molecule has 1 aromatic carbocycles. The van der Waals surface area contributed by atoms with Gasteiger partial charge in [-0.05, 0) is 18.1 Å². The lowest BCUT2D eigenvalue weighted by Gasteiger charge is -2.33. The van der Waals surface area contributed by atoms with Crippen LogP contribution in [0.5, 0.6) is 0 Å². The van der Waals surface area contributed by atoms with E-state index in [9.17, 15) is 14.4 Å². The SMILES string of the molecule is CN1CC[C@H](CNC(=O)Cn2ccc(=O)[nH]c2=O)c2ccccc21. The number of carbonyl (C=O) groups excluding carboxylic acids is 1. The van der Waals surface area contributed by atoms with Gasteiger partial charge in [-0.3, -0.25) is 19.1 Å². The molecule has 24 heavy (non-hydrogen) atoms. The molecule has 2 N–H and O–H groups in total. The zero-order valence-electron chi connectivity index (χ0n) is 13.5. The van der Waals surface area contributed by atoms with Crippen molar-refractivity contribution in [2.24, 2.45) is 0 Å². The van der Waals surface area contributed by atoms with Gasteiger partial charge in [0.2, 0.25) is 5.91 Å². The first-order chi connectivity index (χ1) is 11.5. The van der Waals surface area contributed by atoms with E-state index in [4.69, 9.17) is 0 Å². The molecule has 1 atom stereocenters. The number of nitrogens with zero attached hydrogens (tertiary/aromatic N) is 2. The van der Waals surface area contributed by atoms with Crippen molar-refractivity contribution in [2.75, 3.05) is 25.0 Å². The van der Waals surface area contributed by atoms with Gasteiger partial charge in [-0.25, -0.2) is 4.79 Å². The Morgan fingerprint density at radius 1 is 1.29 bits per heavy atom. The van der Waals surface area contributed by atoms with E-state index in [0.717, 1.165) is 13.0 Å². The van der Waals surface area contributed by atoms with Crippen LogP contribution in [0.2, 0.25) is 0 Å². The van der Waals surface area contributed by atoms with Gasteiger partial charge in [-0.1, -0.05) is 18.2 Å². The summed E-state index contributed by atoms with van der Waals surface area (Å²) in [6.07, 6.45) is 2.29. The molecular weight excluding hydrogens is 308 g/mol. The van der Waals surface area contributed by atoms with E-state index in [0.29, 0.717) is 6.54 Å². The summed E-state index contributed by atoms with van der Waals surface area (Å²) in [5.74, 6) is 0.00853. The Kier molecular flexibility index (Phi) is 4.50. The van der Waals surface area contributed by atoms with Gasteiger partial charge in [0, 0.05) is 44.0 Å². The maximum absolute atomic E-state index is 12.1. The molecule has 2 aromatic rings. The number of amides is 1. The molecule has 0 unspecified atom stereocenters. The summed E-state index contributed by atoms with van der Waals surface area (Å²) in [4.78, 5) is 39.1. The Labute approximate surface area is 138 Å². The zero-order valence-corrected chi connectivity index (χ0v) is 13.5. The summed E-state index contributed by atoms with van der Waals surface area (Å²) >= 11 is 0. The zero-order chi connectivity index (χ0) is 17.1. The lowest BCUT2D eigenvalue weighted by molar-refractivity contribution is -0.121. The molecule has 0 saturated carbocycles. The van der Waals surface area contributed by atoms with E-state index >= 15 is 0 Å². The molecule has 0 radical (unpaired) electrons. The Morgan fingerprint density at radius 2 is 2.08 bits per heavy atom. The van der Waals surface area contributed by atoms with Crippen LogP contribution in [-0.4, -0.2) is 35.6 Å². The molecule has 3 rings (SSSR count). The molecule has 0 spiro atoms. The average molecular weight is 328 g/mol. The molecule has 2 heterocycles. The monoisotopic (exact) mass is 328 g/mol. The van der Waals surface area contributed by atoms with Gasteiger partial charge in [0.25, 0.3) is 5.56 Å². The highest BCUT2D eigenvalue weighted by Gasteiger charge is 2.23. The second-order valence-electron chi connectivity index (χ2n) is 6.01. The fourth-order valence-electron chi connectivity index (χ4n) is 3.03. The second-order valence-corrected chi connectivity index (χ2v) is 6.01. The van der Waals surface area contributed by atoms with Gasteiger partial charge in [0.05, 0.1) is 0 Å². The highest BCUT2D eigenvalue weighted by atomic mass is 16.2. The molecule has 126 valence electrons. The summed E-state index contributed by atoms with van der Waals surface area (Å²) < 4.78 is 1.18. The molecule has 1 aromatic heterocycles. The Bertz CT molecular complexity index is 855. The number of carbonyl (C=O) groups is 1. The number of para-hydroxylation sites is 1. The van der Waals surface area contributed by atoms with Crippen LogP contribution in [0.3, 0.4) is 0 Å². The number of hydrogen-bond acceptors (Lipinski definition) is 4. The van der Waals surface area contributed by atoms with Crippen LogP contribution < -0.4 is 21.5 Å². The van der Waals surface area contributed by atoms with Crippen molar-refractivity contribution in [2.45, 2.75) is 18.9 Å². The topological polar surface area (TPSA) is 87.2 Å². The number of fused-ring (bicyclic) bond motifs is 1. The molecule has 0 bridgehead atoms. The smallest absolute Gasteiger partial charge is 0.328 e. The van der Waals surface area contributed by atoms with Gasteiger partial charge in [-0.2, -0.15) is 0 Å². The lowest BCUT2D eigenvalue weighted by Crippen LogP contribution is -2.38. The first kappa shape index (κ1) is 16.0. The van der Waals surface area contributed by atoms with Crippen molar-refractivity contribution in [3.05, 3.63) is 62.9 Å². The minimum atomic E-state index is -0.581. The van der Waals surface area contributed by atoms with E-state index in [1.54, 1.807) is 0 Å². The molecule has 1 amide bonds. The number of aromatic amines is 1. The first-order valence-corrected chi connectivity index (χ1v) is 7.91. The molecule has 7 nitrogen and oxygen atoms in total. The van der Waals surface area contributed by atoms with E-state index in [1.165, 1.54) is 28.1 Å². The van der Waals surface area contributed by atoms with Crippen molar-refractivity contribution in [3.63, 3.8) is 0 Å². The summed E-state index contributed by atoms with van der Waals surface area (Å²) in [5.41, 5.74) is 1.37. The first-order valence-electron chi connectivity index (χ1n) is 7.91. The Morgan fingerprint density at radius 3 is 2.88 bits per heavy atom. The molecule has 1 aliphatic rings. The molecule has 0 saturated heterocycles. The molecule has 0 fully saturated rings. The predicted molar refractivity (Wildman–Crippen MR) is 91.4 cm³/mol. The number of nitrogens with one attached hydrogen (secondary N) is 2. The minimum Gasteiger partial charge on any atom is -0.374 e. The van der Waals surface area contributed by atoms with Gasteiger partial charge >= 0.3 is 5.69 Å². The fraction of sp³-hybridized carbons (Fsp3) is 0.353. The van der Waals surface area contributed by atoms with E-state index in [1.807, 2.05) is 12.1 Å². The van der Waals surface area contributed by atoms with Crippen LogP contribution in [0.1, 0.15) is 17.9 Å². The maximum Gasteiger partial charge on any atom is 0.328 e. The summed E-state index contributed by atoms with van der Waals surface area (Å²) in [5, 5.41) is 2.89. The molecule has 7 heteroatoms. The highest BCUT2D eigenvalue weighted by molar-refractivity contribution is 5.75.